The first-order chi connectivity index (χ1) is 8.58. The Bertz CT molecular complexity index is 469. The molecule has 18 heavy (non-hydrogen) atoms. The van der Waals surface area contributed by atoms with Gasteiger partial charge in [-0.2, -0.15) is 0 Å². The Kier molecular flexibility index (Phi) is 3.82. The Hall–Kier alpha value is -1.61. The number of hydrogen-bond donors (Lipinski definition) is 2. The van der Waals surface area contributed by atoms with Gasteiger partial charge in [0.2, 0.25) is 0 Å². The largest absolute Gasteiger partial charge is 0.348 e. The van der Waals surface area contributed by atoms with Gasteiger partial charge in [-0.05, 0) is 12.5 Å². The molecule has 2 rings (SSSR count). The zero-order valence-electron chi connectivity index (χ0n) is 11.3. The maximum Gasteiger partial charge on any atom is 0.120 e. The normalized spacial score (nSPS) is 11.7. The molecule has 0 radical (unpaired) electrons. The molecule has 1 aromatic carbocycles. The first-order valence-electron chi connectivity index (χ1n) is 6.34. The number of aromatic amines is 1. The van der Waals surface area contributed by atoms with Crippen LogP contribution in [0.1, 0.15) is 30.8 Å². The van der Waals surface area contributed by atoms with Crippen molar-refractivity contribution in [2.45, 2.75) is 32.7 Å². The number of aryl methyl sites for hydroxylation is 1. The first-order valence-corrected chi connectivity index (χ1v) is 6.34. The highest BCUT2D eigenvalue weighted by atomic mass is 15.0. The van der Waals surface area contributed by atoms with Gasteiger partial charge in [-0.15, -0.1) is 0 Å². The molecule has 0 atom stereocenters. The maximum absolute atomic E-state index is 4.20. The summed E-state index contributed by atoms with van der Waals surface area (Å²) in [6.07, 6.45) is 3.63. The number of nitrogens with one attached hydrogen (secondary N) is 2. The molecule has 0 spiro atoms. The molecule has 0 saturated heterocycles. The number of aromatic nitrogens is 2. The minimum absolute atomic E-state index is 0.125. The van der Waals surface area contributed by atoms with E-state index in [-0.39, 0.29) is 5.41 Å². The summed E-state index contributed by atoms with van der Waals surface area (Å²) in [6, 6.07) is 8.76. The van der Waals surface area contributed by atoms with Gasteiger partial charge >= 0.3 is 0 Å². The van der Waals surface area contributed by atoms with Crippen LogP contribution in [0.25, 0.3) is 0 Å². The van der Waals surface area contributed by atoms with Gasteiger partial charge in [0.05, 0.1) is 6.54 Å². The van der Waals surface area contributed by atoms with Crippen LogP contribution in [0.2, 0.25) is 0 Å². The van der Waals surface area contributed by atoms with Crippen LogP contribution in [0.3, 0.4) is 0 Å². The average molecular weight is 243 g/mol. The number of rotatable bonds is 5. The molecule has 2 N–H and O–H groups in total. The Morgan fingerprint density at radius 1 is 1.22 bits per heavy atom. The van der Waals surface area contributed by atoms with E-state index in [4.69, 9.17) is 0 Å². The van der Waals surface area contributed by atoms with Gasteiger partial charge in [-0.25, -0.2) is 4.98 Å². The molecule has 0 aliphatic carbocycles. The van der Waals surface area contributed by atoms with Crippen molar-refractivity contribution >= 4 is 0 Å². The number of benzene rings is 1. The van der Waals surface area contributed by atoms with E-state index < -0.39 is 0 Å². The van der Waals surface area contributed by atoms with Crippen LogP contribution < -0.4 is 5.32 Å². The summed E-state index contributed by atoms with van der Waals surface area (Å²) in [5.74, 6) is 0.981. The van der Waals surface area contributed by atoms with Crippen LogP contribution in [0.15, 0.2) is 36.7 Å². The molecular weight excluding hydrogens is 222 g/mol. The van der Waals surface area contributed by atoms with Crippen molar-refractivity contribution in [3.05, 3.63) is 53.6 Å². The van der Waals surface area contributed by atoms with E-state index in [0.717, 1.165) is 18.9 Å². The summed E-state index contributed by atoms with van der Waals surface area (Å²) < 4.78 is 0. The van der Waals surface area contributed by atoms with E-state index >= 15 is 0 Å². The van der Waals surface area contributed by atoms with Gasteiger partial charge in [-0.1, -0.05) is 43.7 Å². The van der Waals surface area contributed by atoms with Crippen molar-refractivity contribution in [1.29, 1.82) is 0 Å². The zero-order valence-corrected chi connectivity index (χ0v) is 11.3. The van der Waals surface area contributed by atoms with E-state index in [1.54, 1.807) is 6.20 Å². The molecular formula is C15H21N3. The molecule has 0 bridgehead atoms. The molecule has 0 aliphatic heterocycles. The molecule has 1 heterocycles. The fourth-order valence-corrected chi connectivity index (χ4v) is 1.99. The smallest absolute Gasteiger partial charge is 0.120 e. The van der Waals surface area contributed by atoms with E-state index in [0.29, 0.717) is 0 Å². The van der Waals surface area contributed by atoms with E-state index in [1.807, 2.05) is 6.20 Å². The van der Waals surface area contributed by atoms with Crippen molar-refractivity contribution in [2.24, 2.45) is 0 Å². The lowest BCUT2D eigenvalue weighted by atomic mass is 9.84. The molecule has 0 amide bonds. The van der Waals surface area contributed by atoms with Gasteiger partial charge in [0, 0.05) is 24.4 Å². The Balaban J connectivity index is 1.92. The van der Waals surface area contributed by atoms with Crippen molar-refractivity contribution in [3.63, 3.8) is 0 Å². The van der Waals surface area contributed by atoms with Crippen LogP contribution in [-0.2, 0) is 12.0 Å². The fourth-order valence-electron chi connectivity index (χ4n) is 1.99. The molecule has 3 heteroatoms. The minimum Gasteiger partial charge on any atom is -0.348 e. The quantitative estimate of drug-likeness (QED) is 0.847. The minimum atomic E-state index is 0.125. The second-order valence-electron chi connectivity index (χ2n) is 5.39. The molecule has 0 aliphatic rings. The van der Waals surface area contributed by atoms with Gasteiger partial charge in [-0.3, -0.25) is 0 Å². The van der Waals surface area contributed by atoms with Gasteiger partial charge in [0.15, 0.2) is 0 Å². The number of nitrogens with zero attached hydrogens (tertiary/aromatic N) is 1. The van der Waals surface area contributed by atoms with Gasteiger partial charge in [0.1, 0.15) is 5.82 Å². The SMILES string of the molecule is Cc1ccc(C(C)(C)CNCc2ncc[nH]2)cc1. The molecule has 0 saturated carbocycles. The Labute approximate surface area is 109 Å². The van der Waals surface area contributed by atoms with Crippen LogP contribution in [0.4, 0.5) is 0 Å². The zero-order chi connectivity index (χ0) is 13.0. The third-order valence-electron chi connectivity index (χ3n) is 3.25. The monoisotopic (exact) mass is 243 g/mol. The number of imidazole rings is 1. The van der Waals surface area contributed by atoms with E-state index in [1.165, 1.54) is 11.1 Å². The van der Waals surface area contributed by atoms with Crippen molar-refractivity contribution in [1.82, 2.24) is 15.3 Å². The summed E-state index contributed by atoms with van der Waals surface area (Å²) in [6.45, 7) is 8.34. The first kappa shape index (κ1) is 12.8. The van der Waals surface area contributed by atoms with Crippen molar-refractivity contribution in [2.75, 3.05) is 6.54 Å². The summed E-state index contributed by atoms with van der Waals surface area (Å²) in [5.41, 5.74) is 2.79. The summed E-state index contributed by atoms with van der Waals surface area (Å²) in [4.78, 5) is 7.30. The summed E-state index contributed by atoms with van der Waals surface area (Å²) in [5, 5.41) is 3.45. The topological polar surface area (TPSA) is 40.7 Å². The number of hydrogen-bond acceptors (Lipinski definition) is 2. The molecule has 2 aromatic rings. The van der Waals surface area contributed by atoms with Crippen molar-refractivity contribution < 1.29 is 0 Å². The second kappa shape index (κ2) is 5.36. The highest BCUT2D eigenvalue weighted by Crippen LogP contribution is 2.22. The fraction of sp³-hybridized carbons (Fsp3) is 0.400. The molecule has 0 unspecified atom stereocenters. The third kappa shape index (κ3) is 3.20. The maximum atomic E-state index is 4.20. The molecule has 0 fully saturated rings. The van der Waals surface area contributed by atoms with Crippen molar-refractivity contribution in [3.8, 4) is 0 Å². The van der Waals surface area contributed by atoms with Gasteiger partial charge in [0.25, 0.3) is 0 Å². The summed E-state index contributed by atoms with van der Waals surface area (Å²) in [7, 11) is 0. The highest BCUT2D eigenvalue weighted by Gasteiger charge is 2.19. The predicted molar refractivity (Wildman–Crippen MR) is 74.5 cm³/mol. The second-order valence-corrected chi connectivity index (χ2v) is 5.39. The Morgan fingerprint density at radius 2 is 1.94 bits per heavy atom. The molecule has 1 aromatic heterocycles. The molecule has 96 valence electrons. The number of H-pyrrole nitrogens is 1. The third-order valence-corrected chi connectivity index (χ3v) is 3.25. The highest BCUT2D eigenvalue weighted by molar-refractivity contribution is 5.27. The standard InChI is InChI=1S/C15H21N3/c1-12-4-6-13(7-5-12)15(2,3)11-16-10-14-17-8-9-18-14/h4-9,16H,10-11H2,1-3H3,(H,17,18). The van der Waals surface area contributed by atoms with Crippen LogP contribution in [0.5, 0.6) is 0 Å². The van der Waals surface area contributed by atoms with Crippen LogP contribution >= 0.6 is 0 Å². The van der Waals surface area contributed by atoms with Crippen LogP contribution in [0, 0.1) is 6.92 Å². The lowest BCUT2D eigenvalue weighted by Gasteiger charge is -2.25. The Morgan fingerprint density at radius 3 is 2.56 bits per heavy atom. The lowest BCUT2D eigenvalue weighted by molar-refractivity contribution is 0.465. The van der Waals surface area contributed by atoms with Gasteiger partial charge < -0.3 is 10.3 Å². The van der Waals surface area contributed by atoms with E-state index in [2.05, 4.69) is 60.3 Å². The predicted octanol–water partition coefficient (Wildman–Crippen LogP) is 2.79. The average Bonchev–Trinajstić information content (AvgIpc) is 2.82. The van der Waals surface area contributed by atoms with Crippen LogP contribution in [-0.4, -0.2) is 16.5 Å². The molecule has 3 nitrogen and oxygen atoms in total. The summed E-state index contributed by atoms with van der Waals surface area (Å²) >= 11 is 0. The lowest BCUT2D eigenvalue weighted by Crippen LogP contribution is -2.32. The van der Waals surface area contributed by atoms with E-state index in [9.17, 15) is 0 Å².